The second kappa shape index (κ2) is 7.50. The topological polar surface area (TPSA) is 74.5 Å². The molecule has 5 heteroatoms. The summed E-state index contributed by atoms with van der Waals surface area (Å²) in [4.78, 5) is 11.0. The number of nitrogens with one attached hydrogen (secondary N) is 1. The van der Waals surface area contributed by atoms with Crippen LogP contribution in [0.15, 0.2) is 42.6 Å². The second-order valence-electron chi connectivity index (χ2n) is 4.98. The van der Waals surface area contributed by atoms with Gasteiger partial charge in [-0.3, -0.25) is 10.0 Å². The maximum atomic E-state index is 11.0. The molecule has 1 amide bonds. The average Bonchev–Trinajstić information content (AvgIpc) is 2.86. The lowest BCUT2D eigenvalue weighted by Crippen LogP contribution is -2.18. The second-order valence-corrected chi connectivity index (χ2v) is 4.98. The van der Waals surface area contributed by atoms with Gasteiger partial charge in [-0.2, -0.15) is 0 Å². The molecule has 0 unspecified atom stereocenters. The maximum Gasteiger partial charge on any atom is 0.243 e. The van der Waals surface area contributed by atoms with Crippen molar-refractivity contribution < 1.29 is 15.1 Å². The molecule has 2 aromatic rings. The highest BCUT2D eigenvalue weighted by Gasteiger charge is 2.09. The Hall–Kier alpha value is -2.27. The van der Waals surface area contributed by atoms with Crippen LogP contribution in [0.5, 0.6) is 5.88 Å². The van der Waals surface area contributed by atoms with Gasteiger partial charge in [0.05, 0.1) is 0 Å². The Morgan fingerprint density at radius 2 is 1.90 bits per heavy atom. The molecule has 0 aliphatic heterocycles. The van der Waals surface area contributed by atoms with Gasteiger partial charge in [0.1, 0.15) is 0 Å². The summed E-state index contributed by atoms with van der Waals surface area (Å²) in [6.45, 7) is 0.729. The van der Waals surface area contributed by atoms with Gasteiger partial charge in [0.15, 0.2) is 5.88 Å². The Morgan fingerprint density at radius 3 is 2.62 bits per heavy atom. The Morgan fingerprint density at radius 1 is 1.14 bits per heavy atom. The van der Waals surface area contributed by atoms with E-state index in [4.69, 9.17) is 5.21 Å². The molecule has 2 rings (SSSR count). The summed E-state index contributed by atoms with van der Waals surface area (Å²) < 4.78 is 1.79. The zero-order valence-electron chi connectivity index (χ0n) is 11.8. The highest BCUT2D eigenvalue weighted by atomic mass is 16.5. The van der Waals surface area contributed by atoms with Crippen molar-refractivity contribution in [2.24, 2.45) is 0 Å². The number of benzene rings is 1. The van der Waals surface area contributed by atoms with E-state index in [-0.39, 0.29) is 12.3 Å². The SMILES string of the molecule is O=C(CCc1ccn(CCCc2ccccc2)c1O)NO. The van der Waals surface area contributed by atoms with E-state index in [1.54, 1.807) is 10.0 Å². The van der Waals surface area contributed by atoms with Crippen LogP contribution < -0.4 is 5.48 Å². The number of aryl methyl sites for hydroxylation is 3. The highest BCUT2D eigenvalue weighted by Crippen LogP contribution is 2.21. The van der Waals surface area contributed by atoms with Crippen molar-refractivity contribution in [2.75, 3.05) is 0 Å². The first-order chi connectivity index (χ1) is 10.2. The molecule has 21 heavy (non-hydrogen) atoms. The predicted molar refractivity (Wildman–Crippen MR) is 79.1 cm³/mol. The molecule has 0 saturated carbocycles. The summed E-state index contributed by atoms with van der Waals surface area (Å²) in [5, 5.41) is 18.5. The fourth-order valence-electron chi connectivity index (χ4n) is 2.29. The summed E-state index contributed by atoms with van der Waals surface area (Å²) in [7, 11) is 0. The molecule has 3 N–H and O–H groups in total. The quantitative estimate of drug-likeness (QED) is 0.540. The molecule has 0 aliphatic rings. The number of hydroxylamine groups is 1. The third-order valence-electron chi connectivity index (χ3n) is 3.47. The van der Waals surface area contributed by atoms with E-state index in [1.165, 1.54) is 5.56 Å². The number of hydrogen-bond acceptors (Lipinski definition) is 3. The van der Waals surface area contributed by atoms with Crippen molar-refractivity contribution in [3.05, 3.63) is 53.7 Å². The summed E-state index contributed by atoms with van der Waals surface area (Å²) in [5.41, 5.74) is 3.59. The molecule has 0 aliphatic carbocycles. The minimum atomic E-state index is -0.453. The van der Waals surface area contributed by atoms with Crippen molar-refractivity contribution in [2.45, 2.75) is 32.2 Å². The molecule has 1 aromatic carbocycles. The van der Waals surface area contributed by atoms with Crippen LogP contribution in [0.4, 0.5) is 0 Å². The smallest absolute Gasteiger partial charge is 0.243 e. The summed E-state index contributed by atoms with van der Waals surface area (Å²) >= 11 is 0. The maximum absolute atomic E-state index is 11.0. The molecule has 0 radical (unpaired) electrons. The number of aromatic hydroxyl groups is 1. The van der Waals surface area contributed by atoms with Crippen LogP contribution in [-0.4, -0.2) is 20.8 Å². The standard InChI is InChI=1S/C16H20N2O3/c19-15(17-21)9-8-14-10-12-18(16(14)20)11-4-7-13-5-2-1-3-6-13/h1-3,5-6,10,12,20-21H,4,7-9,11H2,(H,17,19). The Balaban J connectivity index is 1.84. The number of nitrogens with zero attached hydrogens (tertiary/aromatic N) is 1. The first-order valence-corrected chi connectivity index (χ1v) is 7.04. The van der Waals surface area contributed by atoms with Gasteiger partial charge in [-0.1, -0.05) is 30.3 Å². The van der Waals surface area contributed by atoms with Crippen molar-refractivity contribution in [3.63, 3.8) is 0 Å². The predicted octanol–water partition coefficient (Wildman–Crippen LogP) is 2.26. The first-order valence-electron chi connectivity index (χ1n) is 7.04. The van der Waals surface area contributed by atoms with Crippen LogP contribution in [0.25, 0.3) is 0 Å². The molecular formula is C16H20N2O3. The molecule has 0 spiro atoms. The largest absolute Gasteiger partial charge is 0.494 e. The van der Waals surface area contributed by atoms with E-state index < -0.39 is 5.91 Å². The van der Waals surface area contributed by atoms with Crippen LogP contribution in [-0.2, 0) is 24.2 Å². The summed E-state index contributed by atoms with van der Waals surface area (Å²) in [6, 6.07) is 12.0. The van der Waals surface area contributed by atoms with Gasteiger partial charge in [-0.25, -0.2) is 5.48 Å². The van der Waals surface area contributed by atoms with Crippen LogP contribution in [0, 0.1) is 0 Å². The number of carbonyl (C=O) groups excluding carboxylic acids is 1. The molecule has 0 saturated heterocycles. The van der Waals surface area contributed by atoms with E-state index in [0.29, 0.717) is 6.42 Å². The van der Waals surface area contributed by atoms with Gasteiger partial charge in [0, 0.05) is 24.7 Å². The van der Waals surface area contributed by atoms with Gasteiger partial charge in [0.2, 0.25) is 5.91 Å². The van der Waals surface area contributed by atoms with E-state index in [2.05, 4.69) is 12.1 Å². The lowest BCUT2D eigenvalue weighted by atomic mass is 10.1. The lowest BCUT2D eigenvalue weighted by molar-refractivity contribution is -0.129. The number of carbonyl (C=O) groups is 1. The first kappa shape index (κ1) is 15.1. The molecule has 1 heterocycles. The fourth-order valence-corrected chi connectivity index (χ4v) is 2.29. The minimum absolute atomic E-state index is 0.151. The van der Waals surface area contributed by atoms with Gasteiger partial charge in [0.25, 0.3) is 0 Å². The lowest BCUT2D eigenvalue weighted by Gasteiger charge is -2.06. The summed E-state index contributed by atoms with van der Waals surface area (Å²) in [5.74, 6) is -0.250. The molecule has 1 aromatic heterocycles. The number of rotatable bonds is 7. The number of amides is 1. The van der Waals surface area contributed by atoms with Crippen LogP contribution in [0.2, 0.25) is 0 Å². The van der Waals surface area contributed by atoms with Crippen molar-refractivity contribution in [3.8, 4) is 5.88 Å². The molecule has 0 fully saturated rings. The monoisotopic (exact) mass is 288 g/mol. The normalized spacial score (nSPS) is 10.5. The third-order valence-corrected chi connectivity index (χ3v) is 3.47. The van der Waals surface area contributed by atoms with Crippen LogP contribution >= 0.6 is 0 Å². The number of hydrogen-bond donors (Lipinski definition) is 3. The highest BCUT2D eigenvalue weighted by molar-refractivity contribution is 5.74. The van der Waals surface area contributed by atoms with Gasteiger partial charge < -0.3 is 9.67 Å². The van der Waals surface area contributed by atoms with Gasteiger partial charge in [-0.15, -0.1) is 0 Å². The Bertz CT molecular complexity index is 578. The molecule has 0 atom stereocenters. The van der Waals surface area contributed by atoms with Crippen molar-refractivity contribution in [1.29, 1.82) is 0 Å². The van der Waals surface area contributed by atoms with Crippen molar-refractivity contribution >= 4 is 5.91 Å². The Labute approximate surface area is 123 Å². The van der Waals surface area contributed by atoms with E-state index in [1.807, 2.05) is 30.5 Å². The molecule has 112 valence electrons. The van der Waals surface area contributed by atoms with Crippen LogP contribution in [0.1, 0.15) is 24.0 Å². The van der Waals surface area contributed by atoms with Gasteiger partial charge >= 0.3 is 0 Å². The van der Waals surface area contributed by atoms with Crippen molar-refractivity contribution in [1.82, 2.24) is 10.0 Å². The van der Waals surface area contributed by atoms with E-state index >= 15 is 0 Å². The molecule has 5 nitrogen and oxygen atoms in total. The average molecular weight is 288 g/mol. The molecule has 0 bridgehead atoms. The summed E-state index contributed by atoms with van der Waals surface area (Å²) in [6.07, 6.45) is 4.28. The van der Waals surface area contributed by atoms with E-state index in [9.17, 15) is 9.90 Å². The fraction of sp³-hybridized carbons (Fsp3) is 0.312. The molecular weight excluding hydrogens is 268 g/mol. The zero-order chi connectivity index (χ0) is 15.1. The van der Waals surface area contributed by atoms with Crippen LogP contribution in [0.3, 0.4) is 0 Å². The minimum Gasteiger partial charge on any atom is -0.494 e. The third kappa shape index (κ3) is 4.36. The number of aromatic nitrogens is 1. The zero-order valence-corrected chi connectivity index (χ0v) is 11.8. The van der Waals surface area contributed by atoms with Gasteiger partial charge in [-0.05, 0) is 30.9 Å². The Kier molecular flexibility index (Phi) is 5.40. The van der Waals surface area contributed by atoms with E-state index in [0.717, 1.165) is 24.9 Å².